The molecule has 0 unspecified atom stereocenters. The van der Waals surface area contributed by atoms with Gasteiger partial charge < -0.3 is 0 Å². The smallest absolute Gasteiger partial charge is 0.267 e. The summed E-state index contributed by atoms with van der Waals surface area (Å²) in [4.78, 5) is 12.2. The molecule has 1 aromatic rings. The van der Waals surface area contributed by atoms with E-state index in [1.54, 1.807) is 19.1 Å². The van der Waals surface area contributed by atoms with E-state index in [9.17, 15) is 13.2 Å². The lowest BCUT2D eigenvalue weighted by atomic mass is 10.2. The van der Waals surface area contributed by atoms with Crippen LogP contribution in [0.5, 0.6) is 0 Å². The molecule has 1 amide bonds. The summed E-state index contributed by atoms with van der Waals surface area (Å²) >= 11 is 0. The molecular formula is C14H15NO3S. The van der Waals surface area contributed by atoms with E-state index in [1.807, 2.05) is 6.92 Å². The molecule has 0 radical (unpaired) electrons. The van der Waals surface area contributed by atoms with Gasteiger partial charge in [-0.05, 0) is 31.6 Å². The van der Waals surface area contributed by atoms with Crippen LogP contribution < -0.4 is 0 Å². The van der Waals surface area contributed by atoms with Crippen molar-refractivity contribution in [3.05, 3.63) is 53.6 Å². The summed E-state index contributed by atoms with van der Waals surface area (Å²) < 4.78 is 25.7. The molecule has 19 heavy (non-hydrogen) atoms. The summed E-state index contributed by atoms with van der Waals surface area (Å²) in [7, 11) is -3.79. The van der Waals surface area contributed by atoms with Crippen molar-refractivity contribution in [3.63, 3.8) is 0 Å². The predicted octanol–water partition coefficient (Wildman–Crippen LogP) is 2.03. The predicted molar refractivity (Wildman–Crippen MR) is 73.0 cm³/mol. The normalized spacial score (nSPS) is 16.1. The van der Waals surface area contributed by atoms with E-state index in [-0.39, 0.29) is 11.4 Å². The largest absolute Gasteiger partial charge is 0.268 e. The topological polar surface area (TPSA) is 54.5 Å². The number of aryl methyl sites for hydroxylation is 1. The number of sulfonamides is 1. The third-order valence-electron chi connectivity index (χ3n) is 3.11. The molecule has 0 fully saturated rings. The molecule has 0 saturated heterocycles. The number of hydrogen-bond donors (Lipinski definition) is 0. The molecule has 0 aromatic heterocycles. The number of hydrogen-bond acceptors (Lipinski definition) is 3. The van der Waals surface area contributed by atoms with Gasteiger partial charge in [0.15, 0.2) is 0 Å². The van der Waals surface area contributed by atoms with Gasteiger partial charge in [-0.15, -0.1) is 0 Å². The van der Waals surface area contributed by atoms with Crippen molar-refractivity contribution in [2.45, 2.75) is 18.7 Å². The maximum Gasteiger partial charge on any atom is 0.267 e. The molecule has 0 bridgehead atoms. The van der Waals surface area contributed by atoms with Crippen molar-refractivity contribution in [2.75, 3.05) is 6.54 Å². The Morgan fingerprint density at radius 2 is 1.79 bits per heavy atom. The summed E-state index contributed by atoms with van der Waals surface area (Å²) in [5.41, 5.74) is 2.05. The fraction of sp³-hybridized carbons (Fsp3) is 0.214. The SMILES string of the molecule is C=CC1=C(C)CN(S(=O)(=O)c2ccc(C)cc2)C1=O. The molecule has 1 heterocycles. The van der Waals surface area contributed by atoms with Crippen molar-refractivity contribution in [3.8, 4) is 0 Å². The third-order valence-corrected chi connectivity index (χ3v) is 4.85. The first-order valence-electron chi connectivity index (χ1n) is 5.84. The van der Waals surface area contributed by atoms with Crippen molar-refractivity contribution < 1.29 is 13.2 Å². The van der Waals surface area contributed by atoms with E-state index in [0.29, 0.717) is 5.57 Å². The molecule has 0 spiro atoms. The summed E-state index contributed by atoms with van der Waals surface area (Å²) in [6.07, 6.45) is 1.41. The Bertz CT molecular complexity index is 669. The lowest BCUT2D eigenvalue weighted by molar-refractivity contribution is -0.121. The Kier molecular flexibility index (Phi) is 3.32. The molecule has 0 saturated carbocycles. The van der Waals surface area contributed by atoms with E-state index in [1.165, 1.54) is 18.2 Å². The van der Waals surface area contributed by atoms with Gasteiger partial charge in [0.05, 0.1) is 11.4 Å². The second kappa shape index (κ2) is 4.66. The number of carbonyl (C=O) groups excluding carboxylic acids is 1. The molecule has 0 atom stereocenters. The highest BCUT2D eigenvalue weighted by atomic mass is 32.2. The van der Waals surface area contributed by atoms with Crippen LogP contribution in [-0.4, -0.2) is 25.2 Å². The molecule has 1 aliphatic heterocycles. The summed E-state index contributed by atoms with van der Waals surface area (Å²) in [5.74, 6) is -0.506. The highest BCUT2D eigenvalue weighted by Gasteiger charge is 2.36. The van der Waals surface area contributed by atoms with Crippen LogP contribution in [0.15, 0.2) is 53.0 Å². The standard InChI is InChI=1S/C14H15NO3S/c1-4-13-11(3)9-15(14(13)16)19(17,18)12-7-5-10(2)6-8-12/h4-8H,1,9H2,2-3H3. The minimum atomic E-state index is -3.79. The van der Waals surface area contributed by atoms with Gasteiger partial charge >= 0.3 is 0 Å². The Morgan fingerprint density at radius 3 is 2.26 bits per heavy atom. The average Bonchev–Trinajstić information content (AvgIpc) is 2.65. The number of carbonyl (C=O) groups is 1. The quantitative estimate of drug-likeness (QED) is 0.849. The van der Waals surface area contributed by atoms with E-state index in [0.717, 1.165) is 15.4 Å². The molecule has 100 valence electrons. The molecule has 1 aromatic carbocycles. The molecule has 2 rings (SSSR count). The van der Waals surface area contributed by atoms with E-state index < -0.39 is 15.9 Å². The number of amides is 1. The lowest BCUT2D eigenvalue weighted by Gasteiger charge is -2.17. The van der Waals surface area contributed by atoms with Gasteiger partial charge in [-0.25, -0.2) is 12.7 Å². The summed E-state index contributed by atoms with van der Waals surface area (Å²) in [5, 5.41) is 0. The molecular weight excluding hydrogens is 262 g/mol. The first kappa shape index (κ1) is 13.5. The maximum absolute atomic E-state index is 12.4. The Balaban J connectivity index is 2.41. The molecule has 0 N–H and O–H groups in total. The van der Waals surface area contributed by atoms with Crippen molar-refractivity contribution in [1.29, 1.82) is 0 Å². The van der Waals surface area contributed by atoms with Gasteiger partial charge in [0, 0.05) is 5.57 Å². The fourth-order valence-corrected chi connectivity index (χ4v) is 3.40. The van der Waals surface area contributed by atoms with Crippen LogP contribution in [0.4, 0.5) is 0 Å². The molecule has 4 nitrogen and oxygen atoms in total. The van der Waals surface area contributed by atoms with Gasteiger partial charge in [-0.1, -0.05) is 30.4 Å². The second-order valence-corrected chi connectivity index (χ2v) is 6.39. The fourth-order valence-electron chi connectivity index (χ4n) is 1.98. The Hall–Kier alpha value is -1.88. The second-order valence-electron chi connectivity index (χ2n) is 4.53. The number of benzene rings is 1. The van der Waals surface area contributed by atoms with Crippen molar-refractivity contribution in [1.82, 2.24) is 4.31 Å². The zero-order chi connectivity index (χ0) is 14.2. The molecule has 0 aliphatic carbocycles. The van der Waals surface area contributed by atoms with Crippen LogP contribution in [0.25, 0.3) is 0 Å². The summed E-state index contributed by atoms with van der Waals surface area (Å²) in [6.45, 7) is 7.25. The van der Waals surface area contributed by atoms with Crippen LogP contribution >= 0.6 is 0 Å². The van der Waals surface area contributed by atoms with Crippen molar-refractivity contribution >= 4 is 15.9 Å². The average molecular weight is 277 g/mol. The van der Waals surface area contributed by atoms with Gasteiger partial charge in [-0.2, -0.15) is 0 Å². The van der Waals surface area contributed by atoms with Crippen molar-refractivity contribution in [2.24, 2.45) is 0 Å². The minimum absolute atomic E-state index is 0.0936. The maximum atomic E-state index is 12.4. The first-order chi connectivity index (χ1) is 8.87. The number of nitrogens with zero attached hydrogens (tertiary/aromatic N) is 1. The number of rotatable bonds is 3. The van der Waals surface area contributed by atoms with Crippen LogP contribution in [0.2, 0.25) is 0 Å². The van der Waals surface area contributed by atoms with E-state index in [4.69, 9.17) is 0 Å². The van der Waals surface area contributed by atoms with Crippen LogP contribution in [-0.2, 0) is 14.8 Å². The molecule has 5 heteroatoms. The van der Waals surface area contributed by atoms with Crippen LogP contribution in [0.3, 0.4) is 0 Å². The third kappa shape index (κ3) is 2.21. The van der Waals surface area contributed by atoms with Crippen LogP contribution in [0, 0.1) is 6.92 Å². The first-order valence-corrected chi connectivity index (χ1v) is 7.28. The van der Waals surface area contributed by atoms with E-state index in [2.05, 4.69) is 6.58 Å². The van der Waals surface area contributed by atoms with Gasteiger partial charge in [0.2, 0.25) is 0 Å². The Labute approximate surface area is 113 Å². The monoisotopic (exact) mass is 277 g/mol. The summed E-state index contributed by atoms with van der Waals surface area (Å²) in [6, 6.07) is 6.45. The highest BCUT2D eigenvalue weighted by molar-refractivity contribution is 7.89. The Morgan fingerprint density at radius 1 is 1.21 bits per heavy atom. The van der Waals surface area contributed by atoms with Crippen LogP contribution in [0.1, 0.15) is 12.5 Å². The molecule has 1 aliphatic rings. The highest BCUT2D eigenvalue weighted by Crippen LogP contribution is 2.26. The zero-order valence-electron chi connectivity index (χ0n) is 10.9. The minimum Gasteiger partial charge on any atom is -0.268 e. The van der Waals surface area contributed by atoms with Gasteiger partial charge in [0.1, 0.15) is 0 Å². The van der Waals surface area contributed by atoms with E-state index >= 15 is 0 Å². The van der Waals surface area contributed by atoms with Gasteiger partial charge in [0.25, 0.3) is 15.9 Å². The van der Waals surface area contributed by atoms with Gasteiger partial charge in [-0.3, -0.25) is 4.79 Å². The lowest BCUT2D eigenvalue weighted by Crippen LogP contribution is -2.33. The zero-order valence-corrected chi connectivity index (χ0v) is 11.7.